The molecule has 1 heterocycles. The van der Waals surface area contributed by atoms with E-state index in [1.165, 1.54) is 0 Å². The van der Waals surface area contributed by atoms with Crippen LogP contribution in [0.2, 0.25) is 0 Å². The van der Waals surface area contributed by atoms with Crippen molar-refractivity contribution in [2.45, 2.75) is 64.8 Å². The molecule has 3 nitrogen and oxygen atoms in total. The summed E-state index contributed by atoms with van der Waals surface area (Å²) >= 11 is 0. The largest absolute Gasteiger partial charge is 0.393 e. The molecule has 5 unspecified atom stereocenters. The Hall–Kier alpha value is -0.120. The Labute approximate surface area is 93.6 Å². The summed E-state index contributed by atoms with van der Waals surface area (Å²) in [5.74, 6) is 0.373. The van der Waals surface area contributed by atoms with Gasteiger partial charge in [0.15, 0.2) is 0 Å². The van der Waals surface area contributed by atoms with Crippen molar-refractivity contribution in [3.63, 3.8) is 0 Å². The van der Waals surface area contributed by atoms with Crippen molar-refractivity contribution >= 4 is 0 Å². The maximum atomic E-state index is 9.95. The predicted molar refractivity (Wildman–Crippen MR) is 63.9 cm³/mol. The van der Waals surface area contributed by atoms with Crippen LogP contribution in [0.15, 0.2) is 0 Å². The molecule has 1 aliphatic heterocycles. The van der Waals surface area contributed by atoms with Gasteiger partial charge in [0, 0.05) is 30.6 Å². The summed E-state index contributed by atoms with van der Waals surface area (Å²) in [6.45, 7) is 9.59. The summed E-state index contributed by atoms with van der Waals surface area (Å²) in [5, 5.41) is 17.1. The molecule has 0 saturated carbocycles. The third-order valence-electron chi connectivity index (χ3n) is 3.79. The van der Waals surface area contributed by atoms with Crippen LogP contribution in [0.1, 0.15) is 40.5 Å². The van der Waals surface area contributed by atoms with Crippen molar-refractivity contribution in [3.8, 4) is 0 Å². The molecule has 1 rings (SSSR count). The second-order valence-electron chi connectivity index (χ2n) is 4.81. The van der Waals surface area contributed by atoms with E-state index in [2.05, 4.69) is 38.3 Å². The fraction of sp³-hybridized carbons (Fsp3) is 1.00. The molecule has 0 spiro atoms. The minimum atomic E-state index is -0.171. The van der Waals surface area contributed by atoms with Crippen LogP contribution in [0.3, 0.4) is 0 Å². The first kappa shape index (κ1) is 12.9. The maximum Gasteiger partial charge on any atom is 0.0581 e. The molecule has 0 aliphatic carbocycles. The molecule has 5 atom stereocenters. The molecule has 0 aromatic carbocycles. The summed E-state index contributed by atoms with van der Waals surface area (Å²) in [6, 6.07) is 1.43. The molecule has 3 heteroatoms. The first-order valence-corrected chi connectivity index (χ1v) is 6.27. The van der Waals surface area contributed by atoms with Gasteiger partial charge in [0.25, 0.3) is 0 Å². The summed E-state index contributed by atoms with van der Waals surface area (Å²) in [6.07, 6.45) is 1.71. The van der Waals surface area contributed by atoms with Crippen LogP contribution in [-0.2, 0) is 0 Å². The van der Waals surface area contributed by atoms with E-state index in [1.807, 2.05) is 0 Å². The molecular formula is C12H26N2O. The van der Waals surface area contributed by atoms with E-state index in [4.69, 9.17) is 0 Å². The van der Waals surface area contributed by atoms with Gasteiger partial charge in [0.05, 0.1) is 6.10 Å². The smallest absolute Gasteiger partial charge is 0.0581 e. The summed E-state index contributed by atoms with van der Waals surface area (Å²) in [5.41, 5.74) is 0. The van der Waals surface area contributed by atoms with Crippen molar-refractivity contribution in [1.82, 2.24) is 10.6 Å². The highest BCUT2D eigenvalue weighted by Crippen LogP contribution is 2.19. The predicted octanol–water partition coefficient (Wildman–Crippen LogP) is 1.12. The van der Waals surface area contributed by atoms with E-state index in [1.54, 1.807) is 0 Å². The van der Waals surface area contributed by atoms with Gasteiger partial charge in [0.2, 0.25) is 0 Å². The van der Waals surface area contributed by atoms with Gasteiger partial charge in [-0.05, 0) is 26.7 Å². The molecule has 1 fully saturated rings. The van der Waals surface area contributed by atoms with Crippen LogP contribution in [-0.4, -0.2) is 35.9 Å². The number of piperazine rings is 1. The van der Waals surface area contributed by atoms with Crippen molar-refractivity contribution in [1.29, 1.82) is 0 Å². The molecule has 1 aliphatic rings. The van der Waals surface area contributed by atoms with Gasteiger partial charge < -0.3 is 15.7 Å². The van der Waals surface area contributed by atoms with Crippen molar-refractivity contribution in [3.05, 3.63) is 0 Å². The Bertz CT molecular complexity index is 186. The van der Waals surface area contributed by atoms with Crippen molar-refractivity contribution in [2.75, 3.05) is 6.54 Å². The minimum absolute atomic E-state index is 0.171. The van der Waals surface area contributed by atoms with Crippen LogP contribution in [0, 0.1) is 5.92 Å². The molecule has 90 valence electrons. The van der Waals surface area contributed by atoms with E-state index < -0.39 is 0 Å². The van der Waals surface area contributed by atoms with Gasteiger partial charge >= 0.3 is 0 Å². The zero-order valence-electron chi connectivity index (χ0n) is 10.5. The van der Waals surface area contributed by atoms with E-state index in [0.29, 0.717) is 24.0 Å². The Kier molecular flexibility index (Phi) is 5.03. The molecule has 0 aromatic rings. The Morgan fingerprint density at radius 1 is 1.20 bits per heavy atom. The third kappa shape index (κ3) is 3.16. The van der Waals surface area contributed by atoms with Gasteiger partial charge in [-0.1, -0.05) is 13.8 Å². The standard InChI is InChI=1S/C12H26N2O/c1-5-10(12(15)6-2)11-7-13-8(3)9(4)14-11/h8-15H,5-7H2,1-4H3. The number of hydrogen-bond donors (Lipinski definition) is 3. The van der Waals surface area contributed by atoms with Crippen LogP contribution in [0.5, 0.6) is 0 Å². The van der Waals surface area contributed by atoms with Crippen LogP contribution < -0.4 is 10.6 Å². The monoisotopic (exact) mass is 214 g/mol. The third-order valence-corrected chi connectivity index (χ3v) is 3.79. The van der Waals surface area contributed by atoms with E-state index >= 15 is 0 Å². The average molecular weight is 214 g/mol. The first-order chi connectivity index (χ1) is 7.10. The van der Waals surface area contributed by atoms with Crippen LogP contribution in [0.4, 0.5) is 0 Å². The summed E-state index contributed by atoms with van der Waals surface area (Å²) in [7, 11) is 0. The number of nitrogens with one attached hydrogen (secondary N) is 2. The lowest BCUT2D eigenvalue weighted by atomic mass is 9.87. The molecule has 0 radical (unpaired) electrons. The molecule has 1 saturated heterocycles. The van der Waals surface area contributed by atoms with Gasteiger partial charge in [-0.2, -0.15) is 0 Å². The lowest BCUT2D eigenvalue weighted by molar-refractivity contribution is 0.0653. The number of aliphatic hydroxyl groups is 1. The lowest BCUT2D eigenvalue weighted by Gasteiger charge is -2.40. The molecular weight excluding hydrogens is 188 g/mol. The van der Waals surface area contributed by atoms with Crippen LogP contribution >= 0.6 is 0 Å². The van der Waals surface area contributed by atoms with Crippen LogP contribution in [0.25, 0.3) is 0 Å². The molecule has 3 N–H and O–H groups in total. The highest BCUT2D eigenvalue weighted by Gasteiger charge is 2.31. The van der Waals surface area contributed by atoms with E-state index in [0.717, 1.165) is 19.4 Å². The number of aliphatic hydroxyl groups excluding tert-OH is 1. The number of hydrogen-bond acceptors (Lipinski definition) is 3. The second-order valence-corrected chi connectivity index (χ2v) is 4.81. The summed E-state index contributed by atoms with van der Waals surface area (Å²) < 4.78 is 0. The minimum Gasteiger partial charge on any atom is -0.393 e. The van der Waals surface area contributed by atoms with Crippen molar-refractivity contribution < 1.29 is 5.11 Å². The number of rotatable bonds is 4. The topological polar surface area (TPSA) is 44.3 Å². The molecule has 0 aromatic heterocycles. The van der Waals surface area contributed by atoms with Crippen molar-refractivity contribution in [2.24, 2.45) is 5.92 Å². The Morgan fingerprint density at radius 2 is 1.87 bits per heavy atom. The highest BCUT2D eigenvalue weighted by molar-refractivity contribution is 4.91. The maximum absolute atomic E-state index is 9.95. The Balaban J connectivity index is 2.54. The molecule has 15 heavy (non-hydrogen) atoms. The quantitative estimate of drug-likeness (QED) is 0.657. The van der Waals surface area contributed by atoms with Gasteiger partial charge in [-0.15, -0.1) is 0 Å². The van der Waals surface area contributed by atoms with E-state index in [-0.39, 0.29) is 6.10 Å². The SMILES string of the molecule is CCC(O)C(CC)C1CNC(C)C(C)N1. The Morgan fingerprint density at radius 3 is 2.33 bits per heavy atom. The highest BCUT2D eigenvalue weighted by atomic mass is 16.3. The zero-order chi connectivity index (χ0) is 11.4. The van der Waals surface area contributed by atoms with Gasteiger partial charge in [-0.25, -0.2) is 0 Å². The average Bonchev–Trinajstić information content (AvgIpc) is 2.24. The molecule has 0 bridgehead atoms. The fourth-order valence-electron chi connectivity index (χ4n) is 2.43. The fourth-order valence-corrected chi connectivity index (χ4v) is 2.43. The van der Waals surface area contributed by atoms with Gasteiger partial charge in [-0.3, -0.25) is 0 Å². The summed E-state index contributed by atoms with van der Waals surface area (Å²) in [4.78, 5) is 0. The zero-order valence-corrected chi connectivity index (χ0v) is 10.5. The first-order valence-electron chi connectivity index (χ1n) is 6.27. The lowest BCUT2D eigenvalue weighted by Crippen LogP contribution is -2.61. The normalized spacial score (nSPS) is 36.2. The second kappa shape index (κ2) is 5.83. The van der Waals surface area contributed by atoms with Gasteiger partial charge in [0.1, 0.15) is 0 Å². The van der Waals surface area contributed by atoms with E-state index in [9.17, 15) is 5.11 Å². The molecule has 0 amide bonds.